The lowest BCUT2D eigenvalue weighted by molar-refractivity contribution is -0.117. The quantitative estimate of drug-likeness (QED) is 0.505. The van der Waals surface area contributed by atoms with Crippen LogP contribution >= 0.6 is 22.6 Å². The van der Waals surface area contributed by atoms with Crippen LogP contribution in [0.3, 0.4) is 0 Å². The smallest absolute Gasteiger partial charge is 0.262 e. The van der Waals surface area contributed by atoms with E-state index in [1.807, 2.05) is 28.7 Å². The first-order chi connectivity index (χ1) is 9.19. The predicted octanol–water partition coefficient (Wildman–Crippen LogP) is 3.24. The van der Waals surface area contributed by atoms with Gasteiger partial charge in [0.05, 0.1) is 0 Å². The van der Waals surface area contributed by atoms with Crippen LogP contribution in [-0.2, 0) is 4.79 Å². The Kier molecular flexibility index (Phi) is 5.02. The number of carbonyl (C=O) groups excluding carboxylic acids is 1. The summed E-state index contributed by atoms with van der Waals surface area (Å²) in [6.45, 7) is 0. The molecule has 0 unspecified atom stereocenters. The number of nitrogens with one attached hydrogen (secondary N) is 1. The average molecular weight is 370 g/mol. The fraction of sp³-hybridized carbons (Fsp3) is 0.429. The number of hydrogen-bond acceptors (Lipinski definition) is 3. The number of amides is 1. The van der Waals surface area contributed by atoms with Crippen molar-refractivity contribution in [2.75, 3.05) is 0 Å². The summed E-state index contributed by atoms with van der Waals surface area (Å²) in [4.78, 5) is 12.0. The zero-order valence-corrected chi connectivity index (χ0v) is 12.6. The molecule has 0 aromatic carbocycles. The summed E-state index contributed by atoms with van der Waals surface area (Å²) in [5.74, 6) is 0.223. The van der Waals surface area contributed by atoms with E-state index in [-0.39, 0.29) is 17.5 Å². The monoisotopic (exact) mass is 370 g/mol. The summed E-state index contributed by atoms with van der Waals surface area (Å²) in [5, 5.41) is 12.0. The molecule has 5 heteroatoms. The highest BCUT2D eigenvalue weighted by Crippen LogP contribution is 2.18. The van der Waals surface area contributed by atoms with Crippen LogP contribution in [0.1, 0.15) is 37.9 Å². The lowest BCUT2D eigenvalue weighted by Crippen LogP contribution is -2.36. The van der Waals surface area contributed by atoms with Crippen LogP contribution in [-0.4, -0.2) is 11.9 Å². The zero-order chi connectivity index (χ0) is 13.7. The molecule has 1 aliphatic rings. The summed E-state index contributed by atoms with van der Waals surface area (Å²) in [6, 6.07) is 5.67. The van der Waals surface area contributed by atoms with Gasteiger partial charge in [0.15, 0.2) is 3.77 Å². The number of nitrogens with zero attached hydrogens (tertiary/aromatic N) is 1. The van der Waals surface area contributed by atoms with Gasteiger partial charge in [0, 0.05) is 12.1 Å². The maximum Gasteiger partial charge on any atom is 0.262 e. The maximum absolute atomic E-state index is 12.0. The second-order valence-electron chi connectivity index (χ2n) is 4.62. The molecule has 1 fully saturated rings. The zero-order valence-electron chi connectivity index (χ0n) is 10.5. The highest BCUT2D eigenvalue weighted by atomic mass is 127. The lowest BCUT2D eigenvalue weighted by Gasteiger charge is -2.22. The number of hydrogen-bond donors (Lipinski definition) is 1. The fourth-order valence-corrected chi connectivity index (χ4v) is 2.64. The van der Waals surface area contributed by atoms with E-state index in [0.717, 1.165) is 29.5 Å². The van der Waals surface area contributed by atoms with Crippen molar-refractivity contribution >= 4 is 34.6 Å². The molecule has 1 aromatic rings. The minimum atomic E-state index is -0.305. The van der Waals surface area contributed by atoms with E-state index in [2.05, 4.69) is 5.32 Å². The van der Waals surface area contributed by atoms with Gasteiger partial charge in [0.25, 0.3) is 5.91 Å². The number of halogens is 1. The molecule has 100 valence electrons. The van der Waals surface area contributed by atoms with E-state index in [9.17, 15) is 4.79 Å². The number of rotatable bonds is 3. The van der Waals surface area contributed by atoms with Gasteiger partial charge in [-0.2, -0.15) is 5.26 Å². The Morgan fingerprint density at radius 1 is 1.42 bits per heavy atom. The van der Waals surface area contributed by atoms with E-state index in [1.54, 1.807) is 12.1 Å². The molecule has 1 heterocycles. The van der Waals surface area contributed by atoms with Crippen LogP contribution in [0, 0.1) is 15.1 Å². The van der Waals surface area contributed by atoms with Gasteiger partial charge < -0.3 is 9.73 Å². The molecular weight excluding hydrogens is 355 g/mol. The molecule has 0 aliphatic heterocycles. The summed E-state index contributed by atoms with van der Waals surface area (Å²) in [6.07, 6.45) is 7.02. The van der Waals surface area contributed by atoms with Gasteiger partial charge >= 0.3 is 0 Å². The van der Waals surface area contributed by atoms with E-state index < -0.39 is 0 Å². The van der Waals surface area contributed by atoms with Crippen LogP contribution in [0.5, 0.6) is 0 Å². The van der Waals surface area contributed by atoms with Gasteiger partial charge in [0.2, 0.25) is 0 Å². The largest absolute Gasteiger partial charge is 0.451 e. The highest BCUT2D eigenvalue weighted by Gasteiger charge is 2.18. The molecule has 0 atom stereocenters. The molecule has 1 aliphatic carbocycles. The van der Waals surface area contributed by atoms with Crippen LogP contribution in [0.25, 0.3) is 6.08 Å². The lowest BCUT2D eigenvalue weighted by atomic mass is 9.95. The molecule has 0 bridgehead atoms. The Morgan fingerprint density at radius 2 is 2.16 bits per heavy atom. The van der Waals surface area contributed by atoms with Crippen LogP contribution in [0.4, 0.5) is 0 Å². The normalized spacial score (nSPS) is 16.9. The Hall–Kier alpha value is -1.29. The molecule has 19 heavy (non-hydrogen) atoms. The third-order valence-corrected chi connectivity index (χ3v) is 3.77. The Bertz CT molecular complexity index is 522. The van der Waals surface area contributed by atoms with Crippen molar-refractivity contribution in [3.05, 3.63) is 27.2 Å². The first kappa shape index (κ1) is 14.1. The van der Waals surface area contributed by atoms with E-state index in [1.165, 1.54) is 12.5 Å². The van der Waals surface area contributed by atoms with Gasteiger partial charge in [-0.3, -0.25) is 4.79 Å². The molecule has 0 saturated heterocycles. The van der Waals surface area contributed by atoms with Crippen LogP contribution in [0.15, 0.2) is 22.1 Å². The topological polar surface area (TPSA) is 66.0 Å². The predicted molar refractivity (Wildman–Crippen MR) is 80.0 cm³/mol. The average Bonchev–Trinajstić information content (AvgIpc) is 2.82. The van der Waals surface area contributed by atoms with Gasteiger partial charge in [-0.05, 0) is 47.6 Å². The van der Waals surface area contributed by atoms with Crippen LogP contribution in [0.2, 0.25) is 0 Å². The molecule has 1 saturated carbocycles. The Labute approximate surface area is 126 Å². The van der Waals surface area contributed by atoms with Crippen LogP contribution < -0.4 is 5.32 Å². The summed E-state index contributed by atoms with van der Waals surface area (Å²) in [7, 11) is 0. The van der Waals surface area contributed by atoms with Gasteiger partial charge in [0.1, 0.15) is 17.4 Å². The van der Waals surface area contributed by atoms with Crippen molar-refractivity contribution < 1.29 is 9.21 Å². The van der Waals surface area contributed by atoms with E-state index >= 15 is 0 Å². The standard InChI is InChI=1S/C14H15IN2O2/c15-13-7-6-12(19-13)8-10(9-16)14(18)17-11-4-2-1-3-5-11/h6-8,11H,1-5H2,(H,17,18). The molecule has 4 nitrogen and oxygen atoms in total. The summed E-state index contributed by atoms with van der Waals surface area (Å²) in [5.41, 5.74) is 0.0938. The van der Waals surface area contributed by atoms with Gasteiger partial charge in [-0.1, -0.05) is 19.3 Å². The first-order valence-electron chi connectivity index (χ1n) is 6.37. The molecule has 0 spiro atoms. The molecular formula is C14H15IN2O2. The maximum atomic E-state index is 12.0. The minimum Gasteiger partial charge on any atom is -0.451 e. The van der Waals surface area contributed by atoms with Crippen molar-refractivity contribution in [2.45, 2.75) is 38.1 Å². The third-order valence-electron chi connectivity index (χ3n) is 3.19. The summed E-state index contributed by atoms with van der Waals surface area (Å²) >= 11 is 2.04. The van der Waals surface area contributed by atoms with Gasteiger partial charge in [-0.25, -0.2) is 0 Å². The number of nitriles is 1. The fourth-order valence-electron chi connectivity index (χ4n) is 2.21. The first-order valence-corrected chi connectivity index (χ1v) is 7.45. The SMILES string of the molecule is N#CC(=Cc1ccc(I)o1)C(=O)NC1CCCCC1. The van der Waals surface area contributed by atoms with Gasteiger partial charge in [-0.15, -0.1) is 0 Å². The van der Waals surface area contributed by atoms with Crippen molar-refractivity contribution in [1.82, 2.24) is 5.32 Å². The second-order valence-corrected chi connectivity index (χ2v) is 5.68. The van der Waals surface area contributed by atoms with Crippen molar-refractivity contribution in [1.29, 1.82) is 5.26 Å². The van der Waals surface area contributed by atoms with E-state index in [0.29, 0.717) is 5.76 Å². The summed E-state index contributed by atoms with van der Waals surface area (Å²) < 4.78 is 6.07. The number of furan rings is 1. The Balaban J connectivity index is 2.02. The molecule has 0 radical (unpaired) electrons. The third kappa shape index (κ3) is 4.10. The second kappa shape index (κ2) is 6.75. The highest BCUT2D eigenvalue weighted by molar-refractivity contribution is 14.1. The van der Waals surface area contributed by atoms with Crippen molar-refractivity contribution in [3.8, 4) is 6.07 Å². The minimum absolute atomic E-state index is 0.0938. The van der Waals surface area contributed by atoms with Crippen molar-refractivity contribution in [3.63, 3.8) is 0 Å². The number of carbonyl (C=O) groups is 1. The molecule has 2 rings (SSSR count). The molecule has 1 amide bonds. The molecule has 1 aromatic heterocycles. The molecule has 1 N–H and O–H groups in total. The van der Waals surface area contributed by atoms with E-state index in [4.69, 9.17) is 9.68 Å². The van der Waals surface area contributed by atoms with Crippen molar-refractivity contribution in [2.24, 2.45) is 0 Å². The Morgan fingerprint density at radius 3 is 2.74 bits per heavy atom.